The Morgan fingerprint density at radius 3 is 2.80 bits per heavy atom. The second-order valence-corrected chi connectivity index (χ2v) is 6.00. The van der Waals surface area contributed by atoms with E-state index in [2.05, 4.69) is 43.6 Å². The highest BCUT2D eigenvalue weighted by molar-refractivity contribution is 7.99. The van der Waals surface area contributed by atoms with Crippen LogP contribution in [0.1, 0.15) is 38.1 Å². The molecule has 0 spiro atoms. The average molecular weight is 243 g/mol. The molecule has 0 aliphatic heterocycles. The molecule has 0 aromatic carbocycles. The number of thioether (sulfide) groups is 1. The van der Waals surface area contributed by atoms with Crippen molar-refractivity contribution < 1.29 is 0 Å². The van der Waals surface area contributed by atoms with Crippen LogP contribution in [0.25, 0.3) is 0 Å². The van der Waals surface area contributed by atoms with Crippen LogP contribution in [-0.2, 0) is 0 Å². The van der Waals surface area contributed by atoms with E-state index in [9.17, 15) is 0 Å². The quantitative estimate of drug-likeness (QED) is 0.779. The zero-order valence-electron chi connectivity index (χ0n) is 9.82. The summed E-state index contributed by atoms with van der Waals surface area (Å²) in [5.41, 5.74) is 0. The first-order valence-electron chi connectivity index (χ1n) is 5.65. The highest BCUT2D eigenvalue weighted by Gasteiger charge is 2.12. The maximum atomic E-state index is 3.69. The van der Waals surface area contributed by atoms with Crippen LogP contribution >= 0.6 is 23.1 Å². The number of rotatable bonds is 7. The fourth-order valence-corrected chi connectivity index (χ4v) is 3.13. The Bertz CT molecular complexity index is 246. The van der Waals surface area contributed by atoms with Crippen LogP contribution < -0.4 is 5.32 Å². The first kappa shape index (κ1) is 13.1. The van der Waals surface area contributed by atoms with Crippen molar-refractivity contribution in [3.05, 3.63) is 22.4 Å². The molecule has 1 aromatic heterocycles. The predicted molar refractivity (Wildman–Crippen MR) is 72.9 cm³/mol. The van der Waals surface area contributed by atoms with Gasteiger partial charge in [-0.25, -0.2) is 0 Å². The molecule has 0 aliphatic rings. The molecule has 1 aromatic rings. The maximum Gasteiger partial charge on any atom is 0.0414 e. The Kier molecular flexibility index (Phi) is 6.37. The molecule has 0 radical (unpaired) electrons. The molecule has 3 heteroatoms. The van der Waals surface area contributed by atoms with Crippen LogP contribution in [-0.4, -0.2) is 17.5 Å². The normalized spacial score (nSPS) is 15.1. The molecule has 0 saturated heterocycles. The summed E-state index contributed by atoms with van der Waals surface area (Å²) in [4.78, 5) is 1.46. The zero-order valence-corrected chi connectivity index (χ0v) is 11.5. The summed E-state index contributed by atoms with van der Waals surface area (Å²) < 4.78 is 0. The molecule has 1 rings (SSSR count). The van der Waals surface area contributed by atoms with E-state index in [0.717, 1.165) is 0 Å². The summed E-state index contributed by atoms with van der Waals surface area (Å²) in [6.45, 7) is 6.74. The summed E-state index contributed by atoms with van der Waals surface area (Å²) in [6, 6.07) is 5.50. The Labute approximate surface area is 102 Å². The lowest BCUT2D eigenvalue weighted by Gasteiger charge is -2.21. The summed E-state index contributed by atoms with van der Waals surface area (Å²) >= 11 is 3.86. The molecule has 1 N–H and O–H groups in total. The van der Waals surface area contributed by atoms with Crippen molar-refractivity contribution >= 4 is 23.1 Å². The second-order valence-electron chi connectivity index (χ2n) is 3.70. The molecule has 2 atom stereocenters. The summed E-state index contributed by atoms with van der Waals surface area (Å²) in [5.74, 6) is 2.42. The van der Waals surface area contributed by atoms with E-state index in [1.165, 1.54) is 22.8 Å². The minimum Gasteiger partial charge on any atom is -0.306 e. The van der Waals surface area contributed by atoms with Gasteiger partial charge in [-0.15, -0.1) is 11.3 Å². The summed E-state index contributed by atoms with van der Waals surface area (Å²) in [5, 5.41) is 5.85. The van der Waals surface area contributed by atoms with Crippen LogP contribution in [0.5, 0.6) is 0 Å². The molecule has 1 nitrogen and oxygen atoms in total. The highest BCUT2D eigenvalue weighted by Crippen LogP contribution is 2.22. The van der Waals surface area contributed by atoms with E-state index in [1.54, 1.807) is 0 Å². The van der Waals surface area contributed by atoms with Gasteiger partial charge in [-0.3, -0.25) is 0 Å². The first-order valence-corrected chi connectivity index (χ1v) is 7.68. The van der Waals surface area contributed by atoms with E-state index in [-0.39, 0.29) is 0 Å². The van der Waals surface area contributed by atoms with Gasteiger partial charge in [0.1, 0.15) is 0 Å². The second kappa shape index (κ2) is 7.31. The van der Waals surface area contributed by atoms with Gasteiger partial charge in [0.15, 0.2) is 0 Å². The standard InChI is InChI=1S/C12H21NS2/c1-4-11(12-7-6-8-15-12)13-10(3)9-14-5-2/h6-8,10-11,13H,4-5,9H2,1-3H3. The van der Waals surface area contributed by atoms with Gasteiger partial charge in [-0.2, -0.15) is 11.8 Å². The molecular weight excluding hydrogens is 222 g/mol. The molecule has 0 amide bonds. The van der Waals surface area contributed by atoms with E-state index in [0.29, 0.717) is 12.1 Å². The van der Waals surface area contributed by atoms with Crippen LogP contribution in [0.3, 0.4) is 0 Å². The largest absolute Gasteiger partial charge is 0.306 e. The fraction of sp³-hybridized carbons (Fsp3) is 0.667. The van der Waals surface area contributed by atoms with E-state index in [4.69, 9.17) is 0 Å². The van der Waals surface area contributed by atoms with E-state index >= 15 is 0 Å². The molecule has 86 valence electrons. The van der Waals surface area contributed by atoms with Gasteiger partial charge < -0.3 is 5.32 Å². The van der Waals surface area contributed by atoms with Crippen molar-refractivity contribution in [2.75, 3.05) is 11.5 Å². The van der Waals surface area contributed by atoms with E-state index < -0.39 is 0 Å². The molecular formula is C12H21NS2. The maximum absolute atomic E-state index is 3.69. The third-order valence-corrected chi connectivity index (χ3v) is 4.48. The SMILES string of the molecule is CCSCC(C)NC(CC)c1cccs1. The molecule has 0 saturated carbocycles. The highest BCUT2D eigenvalue weighted by atomic mass is 32.2. The van der Waals surface area contributed by atoms with Crippen molar-refractivity contribution in [2.45, 2.75) is 39.3 Å². The zero-order chi connectivity index (χ0) is 11.1. The van der Waals surface area contributed by atoms with Gasteiger partial charge >= 0.3 is 0 Å². The van der Waals surface area contributed by atoms with Crippen LogP contribution in [0.15, 0.2) is 17.5 Å². The third kappa shape index (κ3) is 4.58. The molecule has 0 fully saturated rings. The van der Waals surface area contributed by atoms with Gasteiger partial charge in [0.2, 0.25) is 0 Å². The minimum atomic E-state index is 0.539. The lowest BCUT2D eigenvalue weighted by Crippen LogP contribution is -2.31. The molecule has 0 aliphatic carbocycles. The van der Waals surface area contributed by atoms with Crippen LogP contribution in [0.2, 0.25) is 0 Å². The summed E-state index contributed by atoms with van der Waals surface area (Å²) in [7, 11) is 0. The van der Waals surface area contributed by atoms with Crippen LogP contribution in [0, 0.1) is 0 Å². The number of hydrogen-bond acceptors (Lipinski definition) is 3. The Balaban J connectivity index is 2.40. The monoisotopic (exact) mass is 243 g/mol. The lowest BCUT2D eigenvalue weighted by molar-refractivity contribution is 0.476. The van der Waals surface area contributed by atoms with Crippen molar-refractivity contribution in [1.29, 1.82) is 0 Å². The Hall–Kier alpha value is 0.01000. The molecule has 1 heterocycles. The summed E-state index contributed by atoms with van der Waals surface area (Å²) in [6.07, 6.45) is 1.17. The predicted octanol–water partition coefficient (Wildman–Crippen LogP) is 3.93. The number of thiophene rings is 1. The van der Waals surface area contributed by atoms with Crippen molar-refractivity contribution in [2.24, 2.45) is 0 Å². The average Bonchev–Trinajstić information content (AvgIpc) is 2.76. The number of nitrogens with one attached hydrogen (secondary N) is 1. The van der Waals surface area contributed by atoms with Gasteiger partial charge in [0, 0.05) is 22.7 Å². The third-order valence-electron chi connectivity index (χ3n) is 2.35. The van der Waals surface area contributed by atoms with Gasteiger partial charge in [0.05, 0.1) is 0 Å². The molecule has 0 bridgehead atoms. The number of hydrogen-bond donors (Lipinski definition) is 1. The Morgan fingerprint density at radius 2 is 2.27 bits per heavy atom. The van der Waals surface area contributed by atoms with Crippen molar-refractivity contribution in [3.8, 4) is 0 Å². The lowest BCUT2D eigenvalue weighted by atomic mass is 10.1. The molecule has 15 heavy (non-hydrogen) atoms. The van der Waals surface area contributed by atoms with Gasteiger partial charge in [0.25, 0.3) is 0 Å². The first-order chi connectivity index (χ1) is 7.27. The minimum absolute atomic E-state index is 0.539. The van der Waals surface area contributed by atoms with Gasteiger partial charge in [-0.05, 0) is 30.5 Å². The topological polar surface area (TPSA) is 12.0 Å². The molecule has 2 unspecified atom stereocenters. The van der Waals surface area contributed by atoms with Crippen molar-refractivity contribution in [3.63, 3.8) is 0 Å². The smallest absolute Gasteiger partial charge is 0.0414 e. The van der Waals surface area contributed by atoms with Crippen LogP contribution in [0.4, 0.5) is 0 Å². The Morgan fingerprint density at radius 1 is 1.47 bits per heavy atom. The van der Waals surface area contributed by atoms with Crippen molar-refractivity contribution in [1.82, 2.24) is 5.32 Å². The van der Waals surface area contributed by atoms with E-state index in [1.807, 2.05) is 23.1 Å². The van der Waals surface area contributed by atoms with Gasteiger partial charge in [-0.1, -0.05) is 19.9 Å². The fourth-order valence-electron chi connectivity index (χ4n) is 1.58.